The summed E-state index contributed by atoms with van der Waals surface area (Å²) in [5.74, 6) is 0.637. The van der Waals surface area contributed by atoms with E-state index in [1.54, 1.807) is 0 Å². The van der Waals surface area contributed by atoms with E-state index >= 15 is 0 Å². The Morgan fingerprint density at radius 3 is 2.62 bits per heavy atom. The van der Waals surface area contributed by atoms with Crippen LogP contribution in [0.15, 0.2) is 0 Å². The number of ether oxygens (including phenoxy) is 4. The van der Waals surface area contributed by atoms with Crippen LogP contribution in [-0.4, -0.2) is 48.2 Å². The Kier molecular flexibility index (Phi) is 3.98. The Morgan fingerprint density at radius 2 is 1.83 bits per heavy atom. The summed E-state index contributed by atoms with van der Waals surface area (Å²) in [4.78, 5) is 12.0. The van der Waals surface area contributed by atoms with Gasteiger partial charge in [0.1, 0.15) is 0 Å². The SMILES string of the molecule is C[C@H]1COC(=O)CC[C@@]2(C)O[C@@H]2CC[C@@]2(C)O[C@@H]2[C@@H](C)C[C@H]2O[C@H]12. The van der Waals surface area contributed by atoms with Crippen molar-refractivity contribution in [3.63, 3.8) is 0 Å². The number of carbonyl (C=O) groups excluding carboxylic acids is 1. The second-order valence-corrected chi connectivity index (χ2v) is 8.82. The summed E-state index contributed by atoms with van der Waals surface area (Å²) < 4.78 is 23.2. The summed E-state index contributed by atoms with van der Waals surface area (Å²) in [6, 6.07) is 0. The summed E-state index contributed by atoms with van der Waals surface area (Å²) in [5, 5.41) is 0. The van der Waals surface area contributed by atoms with Crippen molar-refractivity contribution >= 4 is 5.97 Å². The average Bonchev–Trinajstić information content (AvgIpc) is 3.43. The molecule has 4 aliphatic heterocycles. The quantitative estimate of drug-likeness (QED) is 0.502. The van der Waals surface area contributed by atoms with Crippen LogP contribution in [0, 0.1) is 11.8 Å². The fraction of sp³-hybridized carbons (Fsp3) is 0.947. The van der Waals surface area contributed by atoms with Gasteiger partial charge in [-0.15, -0.1) is 0 Å². The van der Waals surface area contributed by atoms with Gasteiger partial charge in [-0.2, -0.15) is 0 Å². The number of epoxide rings is 3. The van der Waals surface area contributed by atoms with Gasteiger partial charge in [0.2, 0.25) is 0 Å². The Bertz CT molecular complexity index is 522. The van der Waals surface area contributed by atoms with Crippen LogP contribution in [0.5, 0.6) is 0 Å². The van der Waals surface area contributed by atoms with E-state index in [2.05, 4.69) is 27.7 Å². The molecule has 0 amide bonds. The number of hydrogen-bond donors (Lipinski definition) is 0. The molecule has 0 spiro atoms. The minimum Gasteiger partial charge on any atom is -0.465 e. The van der Waals surface area contributed by atoms with Crippen molar-refractivity contribution in [3.05, 3.63) is 0 Å². The lowest BCUT2D eigenvalue weighted by Gasteiger charge is -2.13. The molecule has 4 fully saturated rings. The van der Waals surface area contributed by atoms with Gasteiger partial charge >= 0.3 is 5.97 Å². The van der Waals surface area contributed by atoms with Gasteiger partial charge in [0.15, 0.2) is 0 Å². The fourth-order valence-electron chi connectivity index (χ4n) is 4.55. The molecule has 5 heteroatoms. The zero-order valence-electron chi connectivity index (χ0n) is 15.2. The van der Waals surface area contributed by atoms with Crippen LogP contribution in [0.25, 0.3) is 0 Å². The highest BCUT2D eigenvalue weighted by Crippen LogP contribution is 2.51. The molecule has 0 N–H and O–H groups in total. The minimum atomic E-state index is -0.154. The Hall–Kier alpha value is -0.650. The molecule has 0 unspecified atom stereocenters. The van der Waals surface area contributed by atoms with Gasteiger partial charge in [-0.05, 0) is 45.4 Å². The zero-order chi connectivity index (χ0) is 17.1. The molecule has 0 radical (unpaired) electrons. The number of hydrogen-bond acceptors (Lipinski definition) is 5. The third-order valence-corrected chi connectivity index (χ3v) is 6.52. The fourth-order valence-corrected chi connectivity index (χ4v) is 4.55. The highest BCUT2D eigenvalue weighted by atomic mass is 16.6. The topological polar surface area (TPSA) is 63.9 Å². The van der Waals surface area contributed by atoms with Crippen molar-refractivity contribution in [2.45, 2.75) is 95.4 Å². The predicted octanol–water partition coefficient (Wildman–Crippen LogP) is 2.85. The molecule has 0 aliphatic carbocycles. The first-order valence-corrected chi connectivity index (χ1v) is 9.47. The van der Waals surface area contributed by atoms with E-state index < -0.39 is 0 Å². The molecular formula is C19H30O5. The van der Waals surface area contributed by atoms with Crippen molar-refractivity contribution in [3.8, 4) is 0 Å². The molecule has 4 rings (SSSR count). The molecule has 136 valence electrons. The lowest BCUT2D eigenvalue weighted by Crippen LogP contribution is -2.22. The number of cyclic esters (lactones) is 1. The van der Waals surface area contributed by atoms with Gasteiger partial charge < -0.3 is 18.9 Å². The Morgan fingerprint density at radius 1 is 1.04 bits per heavy atom. The number of esters is 1. The van der Waals surface area contributed by atoms with Crippen molar-refractivity contribution in [1.82, 2.24) is 0 Å². The van der Waals surface area contributed by atoms with Crippen molar-refractivity contribution in [2.75, 3.05) is 6.61 Å². The largest absolute Gasteiger partial charge is 0.465 e. The molecule has 8 atom stereocenters. The van der Waals surface area contributed by atoms with Crippen LogP contribution in [0.1, 0.15) is 59.8 Å². The van der Waals surface area contributed by atoms with Gasteiger partial charge in [0, 0.05) is 12.3 Å². The summed E-state index contributed by atoms with van der Waals surface area (Å²) in [6.45, 7) is 9.15. The number of carbonyl (C=O) groups is 1. The zero-order valence-corrected chi connectivity index (χ0v) is 15.2. The van der Waals surface area contributed by atoms with Crippen LogP contribution in [-0.2, 0) is 23.7 Å². The van der Waals surface area contributed by atoms with Crippen molar-refractivity contribution < 1.29 is 23.7 Å². The lowest BCUT2D eigenvalue weighted by molar-refractivity contribution is -0.145. The van der Waals surface area contributed by atoms with Crippen LogP contribution in [0.4, 0.5) is 0 Å². The average molecular weight is 338 g/mol. The van der Waals surface area contributed by atoms with Crippen LogP contribution < -0.4 is 0 Å². The van der Waals surface area contributed by atoms with Gasteiger partial charge in [0.25, 0.3) is 0 Å². The predicted molar refractivity (Wildman–Crippen MR) is 87.6 cm³/mol. The summed E-state index contributed by atoms with van der Waals surface area (Å²) in [6.07, 6.45) is 5.35. The normalized spacial score (nSPS) is 54.8. The molecule has 4 saturated heterocycles. The summed E-state index contributed by atoms with van der Waals surface area (Å²) in [7, 11) is 0. The van der Waals surface area contributed by atoms with Gasteiger partial charge in [-0.25, -0.2) is 0 Å². The van der Waals surface area contributed by atoms with Crippen LogP contribution >= 0.6 is 0 Å². The molecule has 24 heavy (non-hydrogen) atoms. The first kappa shape index (κ1) is 16.8. The maximum Gasteiger partial charge on any atom is 0.305 e. The lowest BCUT2D eigenvalue weighted by atomic mass is 9.87. The second kappa shape index (κ2) is 5.68. The first-order valence-electron chi connectivity index (χ1n) is 9.47. The van der Waals surface area contributed by atoms with Gasteiger partial charge in [-0.3, -0.25) is 4.79 Å². The molecule has 0 saturated carbocycles. The molecule has 0 aromatic carbocycles. The van der Waals surface area contributed by atoms with Crippen LogP contribution in [0.3, 0.4) is 0 Å². The second-order valence-electron chi connectivity index (χ2n) is 8.82. The third kappa shape index (κ3) is 3.23. The Balaban J connectivity index is 1.40. The summed E-state index contributed by atoms with van der Waals surface area (Å²) >= 11 is 0. The molecule has 0 aromatic heterocycles. The van der Waals surface area contributed by atoms with E-state index in [-0.39, 0.29) is 35.3 Å². The van der Waals surface area contributed by atoms with E-state index in [0.29, 0.717) is 31.2 Å². The molecule has 0 bridgehead atoms. The van der Waals surface area contributed by atoms with E-state index in [9.17, 15) is 4.79 Å². The van der Waals surface area contributed by atoms with Crippen molar-refractivity contribution in [1.29, 1.82) is 0 Å². The summed E-state index contributed by atoms with van der Waals surface area (Å²) in [5.41, 5.74) is -0.156. The minimum absolute atomic E-state index is 0.00171. The number of fused-ring (bicyclic) bond motifs is 3. The van der Waals surface area contributed by atoms with Gasteiger partial charge in [0.05, 0.1) is 42.2 Å². The first-order chi connectivity index (χ1) is 11.3. The Labute approximate surface area is 144 Å². The number of rotatable bonds is 0. The van der Waals surface area contributed by atoms with Crippen molar-refractivity contribution in [2.24, 2.45) is 11.8 Å². The standard InChI is InChI=1S/C19H30O5/c1-11-9-13-16(22-13)12(2)10-21-15(20)6-8-18(3)14(23-18)5-7-19(4)17(11)24-19/h11-14,16-17H,5-10H2,1-4H3/t11-,12-,13+,14+,16+,17+,18+,19+/m0/s1. The molecular weight excluding hydrogens is 308 g/mol. The smallest absolute Gasteiger partial charge is 0.305 e. The van der Waals surface area contributed by atoms with E-state index in [1.165, 1.54) is 0 Å². The van der Waals surface area contributed by atoms with Gasteiger partial charge in [-0.1, -0.05) is 13.8 Å². The highest BCUT2D eigenvalue weighted by molar-refractivity contribution is 5.69. The van der Waals surface area contributed by atoms with Crippen LogP contribution in [0.2, 0.25) is 0 Å². The third-order valence-electron chi connectivity index (χ3n) is 6.52. The van der Waals surface area contributed by atoms with E-state index in [1.807, 2.05) is 0 Å². The maximum atomic E-state index is 12.0. The molecule has 4 aliphatic rings. The monoisotopic (exact) mass is 338 g/mol. The van der Waals surface area contributed by atoms with E-state index in [0.717, 1.165) is 25.7 Å². The maximum absolute atomic E-state index is 12.0. The molecule has 0 aromatic rings. The van der Waals surface area contributed by atoms with E-state index in [4.69, 9.17) is 18.9 Å². The molecule has 5 nitrogen and oxygen atoms in total. The molecule has 4 heterocycles. The highest BCUT2D eigenvalue weighted by Gasteiger charge is 2.59.